The first-order chi connectivity index (χ1) is 6.11. The average molecular weight is 193 g/mol. The summed E-state index contributed by atoms with van der Waals surface area (Å²) in [6, 6.07) is -1.37. The molecule has 1 aliphatic rings. The molecule has 7 nitrogen and oxygen atoms in total. The second-order valence-electron chi connectivity index (χ2n) is 2.82. The molecule has 0 radical (unpaired) electrons. The molecule has 0 saturated carbocycles. The normalized spacial score (nSPS) is 46.0. The number of hydrogen-bond acceptors (Lipinski definition) is 7. The van der Waals surface area contributed by atoms with Crippen molar-refractivity contribution in [3.63, 3.8) is 0 Å². The van der Waals surface area contributed by atoms with Crippen LogP contribution in [0.2, 0.25) is 0 Å². The van der Waals surface area contributed by atoms with Crippen molar-refractivity contribution in [2.24, 2.45) is 5.18 Å². The number of ether oxygens (including phenoxy) is 1. The van der Waals surface area contributed by atoms with Gasteiger partial charge in [0.15, 0.2) is 12.3 Å². The van der Waals surface area contributed by atoms with Crippen molar-refractivity contribution in [1.29, 1.82) is 0 Å². The summed E-state index contributed by atoms with van der Waals surface area (Å²) in [4.78, 5) is 10.2. The van der Waals surface area contributed by atoms with Gasteiger partial charge in [-0.25, -0.2) is 0 Å². The van der Waals surface area contributed by atoms with Crippen molar-refractivity contribution in [2.75, 3.05) is 6.61 Å². The van der Waals surface area contributed by atoms with Crippen molar-refractivity contribution >= 4 is 0 Å². The van der Waals surface area contributed by atoms with Gasteiger partial charge in [0.2, 0.25) is 0 Å². The Bertz CT molecular complexity index is 188. The minimum atomic E-state index is -1.61. The Kier molecular flexibility index (Phi) is 3.28. The lowest BCUT2D eigenvalue weighted by molar-refractivity contribution is -0.257. The smallest absolute Gasteiger partial charge is 0.183 e. The highest BCUT2D eigenvalue weighted by molar-refractivity contribution is 4.93. The van der Waals surface area contributed by atoms with Crippen LogP contribution in [0.25, 0.3) is 0 Å². The molecular formula is C6H11NO6. The van der Waals surface area contributed by atoms with E-state index in [4.69, 9.17) is 15.3 Å². The van der Waals surface area contributed by atoms with E-state index < -0.39 is 37.3 Å². The summed E-state index contributed by atoms with van der Waals surface area (Å²) in [5.41, 5.74) is 0. The molecule has 1 heterocycles. The number of rotatable bonds is 2. The van der Waals surface area contributed by atoms with Crippen molar-refractivity contribution in [3.05, 3.63) is 4.91 Å². The van der Waals surface area contributed by atoms with Crippen LogP contribution in [-0.4, -0.2) is 57.7 Å². The minimum absolute atomic E-state index is 0.559. The lowest BCUT2D eigenvalue weighted by Gasteiger charge is -2.36. The van der Waals surface area contributed by atoms with Crippen LogP contribution in [0.15, 0.2) is 5.18 Å². The molecule has 5 atom stereocenters. The van der Waals surface area contributed by atoms with Gasteiger partial charge in [-0.3, -0.25) is 0 Å². The zero-order chi connectivity index (χ0) is 10.0. The maximum absolute atomic E-state index is 10.2. The standard InChI is InChI=1S/C6H11NO6/c8-1-2-4(9)3(7-12)5(10)6(11)13-2/h2-6,8-11H,1H2. The summed E-state index contributed by atoms with van der Waals surface area (Å²) in [7, 11) is 0. The summed E-state index contributed by atoms with van der Waals surface area (Å²) >= 11 is 0. The molecule has 0 aromatic carbocycles. The highest BCUT2D eigenvalue weighted by atomic mass is 16.6. The van der Waals surface area contributed by atoms with Crippen molar-refractivity contribution in [1.82, 2.24) is 0 Å². The maximum atomic E-state index is 10.2. The highest BCUT2D eigenvalue weighted by Gasteiger charge is 2.44. The van der Waals surface area contributed by atoms with E-state index in [1.54, 1.807) is 0 Å². The van der Waals surface area contributed by atoms with Gasteiger partial charge in [0, 0.05) is 0 Å². The van der Waals surface area contributed by atoms with Crippen LogP contribution in [0.5, 0.6) is 0 Å². The number of nitroso groups, excluding NO2 is 1. The van der Waals surface area contributed by atoms with Gasteiger partial charge in [0.05, 0.1) is 6.61 Å². The highest BCUT2D eigenvalue weighted by Crippen LogP contribution is 2.21. The molecule has 5 unspecified atom stereocenters. The average Bonchev–Trinajstić information content (AvgIpc) is 2.12. The Labute approximate surface area is 73.5 Å². The predicted molar refractivity (Wildman–Crippen MR) is 39.6 cm³/mol. The fraction of sp³-hybridized carbons (Fsp3) is 1.00. The van der Waals surface area contributed by atoms with Gasteiger partial charge in [-0.2, -0.15) is 4.91 Å². The fourth-order valence-electron chi connectivity index (χ4n) is 1.21. The number of hydrogen-bond donors (Lipinski definition) is 4. The van der Waals surface area contributed by atoms with Crippen LogP contribution >= 0.6 is 0 Å². The Morgan fingerprint density at radius 3 is 2.31 bits per heavy atom. The zero-order valence-electron chi connectivity index (χ0n) is 6.65. The van der Waals surface area contributed by atoms with Crippen LogP contribution in [0.1, 0.15) is 0 Å². The predicted octanol–water partition coefficient (Wildman–Crippen LogP) is -2.45. The molecule has 0 aromatic heterocycles. The van der Waals surface area contributed by atoms with Crippen LogP contribution in [0.4, 0.5) is 0 Å². The Balaban J connectivity index is 2.74. The summed E-state index contributed by atoms with van der Waals surface area (Å²) in [6.45, 7) is -0.559. The van der Waals surface area contributed by atoms with Gasteiger partial charge in [-0.15, -0.1) is 0 Å². The molecule has 0 amide bonds. The van der Waals surface area contributed by atoms with Gasteiger partial charge in [0.1, 0.15) is 18.3 Å². The quantitative estimate of drug-likeness (QED) is 0.361. The van der Waals surface area contributed by atoms with Gasteiger partial charge >= 0.3 is 0 Å². The molecule has 0 bridgehead atoms. The molecular weight excluding hydrogens is 182 g/mol. The number of aliphatic hydroxyl groups excluding tert-OH is 4. The van der Waals surface area contributed by atoms with E-state index >= 15 is 0 Å². The third-order valence-electron chi connectivity index (χ3n) is 1.99. The largest absolute Gasteiger partial charge is 0.394 e. The molecule has 1 aliphatic heterocycles. The molecule has 13 heavy (non-hydrogen) atoms. The second kappa shape index (κ2) is 4.07. The Hall–Kier alpha value is -0.600. The fourth-order valence-corrected chi connectivity index (χ4v) is 1.21. The van der Waals surface area contributed by atoms with E-state index in [0.29, 0.717) is 0 Å². The van der Waals surface area contributed by atoms with Gasteiger partial charge < -0.3 is 25.2 Å². The van der Waals surface area contributed by atoms with E-state index in [2.05, 4.69) is 9.91 Å². The number of nitrogens with zero attached hydrogens (tertiary/aromatic N) is 1. The summed E-state index contributed by atoms with van der Waals surface area (Å²) < 4.78 is 4.60. The molecule has 1 rings (SSSR count). The topological polar surface area (TPSA) is 120 Å². The van der Waals surface area contributed by atoms with Crippen LogP contribution in [0, 0.1) is 4.91 Å². The summed E-state index contributed by atoms with van der Waals surface area (Å²) in [5, 5.41) is 38.5. The van der Waals surface area contributed by atoms with Gasteiger partial charge in [-0.1, -0.05) is 5.18 Å². The second-order valence-corrected chi connectivity index (χ2v) is 2.82. The van der Waals surface area contributed by atoms with Crippen LogP contribution in [0.3, 0.4) is 0 Å². The van der Waals surface area contributed by atoms with E-state index in [-0.39, 0.29) is 0 Å². The Morgan fingerprint density at radius 1 is 1.23 bits per heavy atom. The molecule has 0 spiro atoms. The first-order valence-electron chi connectivity index (χ1n) is 3.74. The van der Waals surface area contributed by atoms with E-state index in [1.807, 2.05) is 0 Å². The van der Waals surface area contributed by atoms with Gasteiger partial charge in [-0.05, 0) is 0 Å². The van der Waals surface area contributed by atoms with Crippen molar-refractivity contribution in [2.45, 2.75) is 30.6 Å². The lowest BCUT2D eigenvalue weighted by atomic mass is 9.97. The zero-order valence-corrected chi connectivity index (χ0v) is 6.65. The molecule has 1 saturated heterocycles. The number of aliphatic hydroxyl groups is 4. The molecule has 4 N–H and O–H groups in total. The van der Waals surface area contributed by atoms with Crippen molar-refractivity contribution in [3.8, 4) is 0 Å². The van der Waals surface area contributed by atoms with E-state index in [1.165, 1.54) is 0 Å². The molecule has 1 fully saturated rings. The third-order valence-corrected chi connectivity index (χ3v) is 1.99. The van der Waals surface area contributed by atoms with Crippen molar-refractivity contribution < 1.29 is 25.2 Å². The lowest BCUT2D eigenvalue weighted by Crippen LogP contribution is -2.57. The minimum Gasteiger partial charge on any atom is -0.394 e. The van der Waals surface area contributed by atoms with Gasteiger partial charge in [0.25, 0.3) is 0 Å². The van der Waals surface area contributed by atoms with E-state index in [9.17, 15) is 10.0 Å². The molecule has 0 aromatic rings. The Morgan fingerprint density at radius 2 is 1.85 bits per heavy atom. The third kappa shape index (κ3) is 1.84. The molecule has 0 aliphatic carbocycles. The monoisotopic (exact) mass is 193 g/mol. The molecule has 76 valence electrons. The summed E-state index contributed by atoms with van der Waals surface area (Å²) in [6.07, 6.45) is -5.67. The maximum Gasteiger partial charge on any atom is 0.183 e. The van der Waals surface area contributed by atoms with Crippen LogP contribution in [-0.2, 0) is 4.74 Å². The SMILES string of the molecule is O=NC1C(O)C(O)OC(CO)C1O. The summed E-state index contributed by atoms with van der Waals surface area (Å²) in [5.74, 6) is 0. The first kappa shape index (κ1) is 10.5. The van der Waals surface area contributed by atoms with Crippen LogP contribution < -0.4 is 0 Å². The van der Waals surface area contributed by atoms with E-state index in [0.717, 1.165) is 0 Å². The molecule has 7 heteroatoms. The first-order valence-corrected chi connectivity index (χ1v) is 3.74.